The Morgan fingerprint density at radius 3 is 2.64 bits per heavy atom. The van der Waals surface area contributed by atoms with E-state index in [-0.39, 0.29) is 5.28 Å². The first kappa shape index (κ1) is 19.2. The van der Waals surface area contributed by atoms with E-state index in [1.54, 1.807) is 0 Å². The quantitative estimate of drug-likeness (QED) is 0.237. The van der Waals surface area contributed by atoms with Crippen LogP contribution in [0.1, 0.15) is 0 Å². The molecular formula is C21H25ClN4OSi-. The van der Waals surface area contributed by atoms with Gasteiger partial charge in [-0.05, 0) is 23.7 Å². The third-order valence-corrected chi connectivity index (χ3v) is 6.84. The van der Waals surface area contributed by atoms with Gasteiger partial charge in [0.15, 0.2) is 0 Å². The van der Waals surface area contributed by atoms with Gasteiger partial charge in [-0.1, -0.05) is 18.2 Å². The highest BCUT2D eigenvalue weighted by molar-refractivity contribution is 6.76. The van der Waals surface area contributed by atoms with Crippen LogP contribution in [-0.4, -0.2) is 33.8 Å². The minimum absolute atomic E-state index is 0.248. The van der Waals surface area contributed by atoms with Crippen molar-refractivity contribution >= 4 is 41.6 Å². The summed E-state index contributed by atoms with van der Waals surface area (Å²) >= 11 is 6.30. The molecule has 0 spiro atoms. The van der Waals surface area contributed by atoms with Gasteiger partial charge in [-0.2, -0.15) is 24.6 Å². The van der Waals surface area contributed by atoms with E-state index in [2.05, 4.69) is 52.5 Å². The number of rotatable bonds is 6. The van der Waals surface area contributed by atoms with Crippen LogP contribution in [0, 0.1) is 0 Å². The van der Waals surface area contributed by atoms with Crippen molar-refractivity contribution in [3.05, 3.63) is 48.0 Å². The van der Waals surface area contributed by atoms with Crippen LogP contribution >= 0.6 is 11.6 Å². The van der Waals surface area contributed by atoms with Gasteiger partial charge in [-0.3, -0.25) is 0 Å². The molecule has 0 saturated heterocycles. The van der Waals surface area contributed by atoms with E-state index in [0.717, 1.165) is 45.8 Å². The summed E-state index contributed by atoms with van der Waals surface area (Å²) in [6.07, 6.45) is 4.10. The maximum Gasteiger partial charge on any atom is 0.224 e. The molecule has 3 aromatic heterocycles. The molecular weight excluding hydrogens is 388 g/mol. The van der Waals surface area contributed by atoms with Gasteiger partial charge in [0.05, 0.1) is 5.69 Å². The molecule has 7 heteroatoms. The highest BCUT2D eigenvalue weighted by Gasteiger charge is 2.16. The molecule has 0 saturated carbocycles. The zero-order valence-electron chi connectivity index (χ0n) is 16.7. The number of halogens is 1. The van der Waals surface area contributed by atoms with Gasteiger partial charge < -0.3 is 13.9 Å². The summed E-state index contributed by atoms with van der Waals surface area (Å²) in [6.45, 7) is 8.29. The number of benzene rings is 1. The first-order valence-corrected chi connectivity index (χ1v) is 13.6. The van der Waals surface area contributed by atoms with E-state index in [1.807, 2.05) is 36.0 Å². The molecule has 147 valence electrons. The summed E-state index contributed by atoms with van der Waals surface area (Å²) in [7, 11) is 0.943. The summed E-state index contributed by atoms with van der Waals surface area (Å²) in [5, 5.41) is 2.38. The first-order valence-electron chi connectivity index (χ1n) is 9.48. The summed E-state index contributed by atoms with van der Waals surface area (Å²) in [5.74, 6) is 0. The zero-order valence-corrected chi connectivity index (χ0v) is 18.5. The van der Waals surface area contributed by atoms with Gasteiger partial charge in [0.25, 0.3) is 0 Å². The highest BCUT2D eigenvalue weighted by Crippen LogP contribution is 2.34. The van der Waals surface area contributed by atoms with Crippen molar-refractivity contribution in [3.8, 4) is 11.3 Å². The van der Waals surface area contributed by atoms with E-state index >= 15 is 0 Å². The molecule has 0 aliphatic heterocycles. The predicted octanol–water partition coefficient (Wildman–Crippen LogP) is 5.56. The molecule has 4 rings (SSSR count). The molecule has 0 bridgehead atoms. The highest BCUT2D eigenvalue weighted by atomic mass is 35.5. The Bertz CT molecular complexity index is 1140. The van der Waals surface area contributed by atoms with Crippen molar-refractivity contribution in [2.75, 3.05) is 6.61 Å². The van der Waals surface area contributed by atoms with Crippen molar-refractivity contribution in [1.29, 1.82) is 0 Å². The molecule has 1 aromatic carbocycles. The van der Waals surface area contributed by atoms with Crippen molar-refractivity contribution in [3.63, 3.8) is 0 Å². The first-order chi connectivity index (χ1) is 13.3. The van der Waals surface area contributed by atoms with Gasteiger partial charge in [0.1, 0.15) is 12.4 Å². The number of ether oxygens (including phenoxy) is 1. The molecule has 0 atom stereocenters. The monoisotopic (exact) mass is 412 g/mol. The summed E-state index contributed by atoms with van der Waals surface area (Å²) < 4.78 is 10.0. The van der Waals surface area contributed by atoms with Crippen LogP contribution in [0.5, 0.6) is 0 Å². The Labute approximate surface area is 170 Å². The van der Waals surface area contributed by atoms with Gasteiger partial charge in [-0.25, -0.2) is 4.98 Å². The smallest absolute Gasteiger partial charge is 0.224 e. The van der Waals surface area contributed by atoms with Crippen LogP contribution in [0.2, 0.25) is 31.0 Å². The van der Waals surface area contributed by atoms with Crippen LogP contribution in [0.3, 0.4) is 0 Å². The molecule has 0 amide bonds. The predicted molar refractivity (Wildman–Crippen MR) is 119 cm³/mol. The maximum absolute atomic E-state index is 6.30. The molecule has 0 radical (unpaired) electrons. The Kier molecular flexibility index (Phi) is 5.03. The van der Waals surface area contributed by atoms with Crippen molar-refractivity contribution in [2.45, 2.75) is 32.4 Å². The molecule has 4 aromatic rings. The minimum Gasteiger partial charge on any atom is -0.364 e. The molecule has 0 aliphatic rings. The lowest BCUT2D eigenvalue weighted by atomic mass is 10.1. The number of nitrogens with zero attached hydrogens (tertiary/aromatic N) is 4. The van der Waals surface area contributed by atoms with Gasteiger partial charge in [0, 0.05) is 47.9 Å². The number of aromatic nitrogens is 4. The summed E-state index contributed by atoms with van der Waals surface area (Å²) in [5.41, 5.74) is 3.88. The molecule has 5 nitrogen and oxygen atoms in total. The second-order valence-electron chi connectivity index (χ2n) is 8.38. The lowest BCUT2D eigenvalue weighted by Crippen LogP contribution is -2.22. The van der Waals surface area contributed by atoms with E-state index in [4.69, 9.17) is 16.3 Å². The van der Waals surface area contributed by atoms with Crippen molar-refractivity contribution < 1.29 is 4.74 Å². The van der Waals surface area contributed by atoms with Gasteiger partial charge >= 0.3 is 0 Å². The fraction of sp³-hybridized carbons (Fsp3) is 0.333. The third-order valence-electron chi connectivity index (χ3n) is 4.97. The van der Waals surface area contributed by atoms with Crippen LogP contribution in [0.4, 0.5) is 0 Å². The normalized spacial score (nSPS) is 12.3. The van der Waals surface area contributed by atoms with E-state index < -0.39 is 8.07 Å². The molecule has 0 N–H and O–H groups in total. The van der Waals surface area contributed by atoms with Crippen LogP contribution in [-0.2, 0) is 18.5 Å². The van der Waals surface area contributed by atoms with Crippen molar-refractivity contribution in [1.82, 2.24) is 19.1 Å². The Morgan fingerprint density at radius 1 is 1.07 bits per heavy atom. The van der Waals surface area contributed by atoms with Crippen LogP contribution in [0.15, 0.2) is 42.7 Å². The fourth-order valence-electron chi connectivity index (χ4n) is 3.42. The standard InChI is InChI=1S/C21H25ClN4OSi/c1-25-13-17(15-7-5-6-8-18(15)25)19-16-9-10-26(20(16)24-21(22)23-19)14-27-11-12-28(2,3)4/h5-10,13H,11-12,14H2,1-4H3/q-1. The van der Waals surface area contributed by atoms with E-state index in [0.29, 0.717) is 6.73 Å². The third kappa shape index (κ3) is 3.72. The fourth-order valence-corrected chi connectivity index (χ4v) is 4.34. The van der Waals surface area contributed by atoms with Gasteiger partial charge in [0.2, 0.25) is 5.28 Å². The number of hydrogen-bond acceptors (Lipinski definition) is 3. The Morgan fingerprint density at radius 2 is 1.86 bits per heavy atom. The lowest BCUT2D eigenvalue weighted by molar-refractivity contribution is 0.0899. The van der Waals surface area contributed by atoms with Crippen LogP contribution in [0.25, 0.3) is 33.2 Å². The summed E-state index contributed by atoms with van der Waals surface area (Å²) in [4.78, 5) is 9.04. The Balaban J connectivity index is 1.72. The average Bonchev–Trinajstić information content (AvgIpc) is 3.19. The maximum atomic E-state index is 6.30. The number of hydrogen-bond donors (Lipinski definition) is 0. The van der Waals surface area contributed by atoms with E-state index in [1.165, 1.54) is 0 Å². The van der Waals surface area contributed by atoms with Gasteiger partial charge in [-0.15, -0.1) is 14.1 Å². The number of para-hydroxylation sites is 1. The SMILES string of the molecule is Cn1cc(-c2nc(Cl)nc3c2ccn3COCC[Si-](C)(C)C)c2ccccc21. The molecule has 0 aliphatic carbocycles. The van der Waals surface area contributed by atoms with E-state index in [9.17, 15) is 0 Å². The summed E-state index contributed by atoms with van der Waals surface area (Å²) in [6, 6.07) is 11.5. The molecule has 28 heavy (non-hydrogen) atoms. The molecule has 3 heterocycles. The number of fused-ring (bicyclic) bond motifs is 2. The Hall–Kier alpha value is -2.15. The largest absolute Gasteiger partial charge is 0.364 e. The molecule has 0 fully saturated rings. The molecule has 0 unspecified atom stereocenters. The topological polar surface area (TPSA) is 44.9 Å². The number of aryl methyl sites for hydroxylation is 1. The zero-order chi connectivity index (χ0) is 19.9. The average molecular weight is 413 g/mol. The van der Waals surface area contributed by atoms with Crippen LogP contribution < -0.4 is 0 Å². The lowest BCUT2D eigenvalue weighted by Gasteiger charge is -2.26. The second-order valence-corrected chi connectivity index (χ2v) is 14.3. The second kappa shape index (κ2) is 7.35. The minimum atomic E-state index is -1.10. The van der Waals surface area contributed by atoms with Crippen molar-refractivity contribution in [2.24, 2.45) is 7.05 Å².